The highest BCUT2D eigenvalue weighted by Crippen LogP contribution is 2.33. The quantitative estimate of drug-likeness (QED) is 0.913. The molecule has 2 aromatic heterocycles. The van der Waals surface area contributed by atoms with Gasteiger partial charge in [-0.1, -0.05) is 6.92 Å². The second kappa shape index (κ2) is 6.21. The summed E-state index contributed by atoms with van der Waals surface area (Å²) in [5.41, 5.74) is -0.742. The SMILES string of the molecule is CCc1cnc(CCNc2ncccc2C(F)(F)F)s1. The van der Waals surface area contributed by atoms with Gasteiger partial charge in [0.1, 0.15) is 5.82 Å². The van der Waals surface area contributed by atoms with Gasteiger partial charge in [0.15, 0.2) is 0 Å². The van der Waals surface area contributed by atoms with Crippen LogP contribution in [0.1, 0.15) is 22.4 Å². The average molecular weight is 301 g/mol. The minimum Gasteiger partial charge on any atom is -0.369 e. The lowest BCUT2D eigenvalue weighted by atomic mass is 10.2. The van der Waals surface area contributed by atoms with Crippen LogP contribution in [0.3, 0.4) is 0 Å². The number of anilines is 1. The topological polar surface area (TPSA) is 37.8 Å². The standard InChI is InChI=1S/C13H14F3N3S/c1-2-9-8-19-11(20-9)5-7-18-12-10(13(14,15)16)4-3-6-17-12/h3-4,6,8H,2,5,7H2,1H3,(H,17,18). The van der Waals surface area contributed by atoms with Gasteiger partial charge in [-0.25, -0.2) is 9.97 Å². The fourth-order valence-corrected chi connectivity index (χ4v) is 2.55. The van der Waals surface area contributed by atoms with E-state index in [4.69, 9.17) is 0 Å². The first-order valence-corrected chi connectivity index (χ1v) is 7.02. The minimum absolute atomic E-state index is 0.132. The molecule has 20 heavy (non-hydrogen) atoms. The van der Waals surface area contributed by atoms with E-state index in [1.54, 1.807) is 11.3 Å². The molecule has 0 amide bonds. The first-order valence-electron chi connectivity index (χ1n) is 6.20. The highest BCUT2D eigenvalue weighted by Gasteiger charge is 2.33. The molecule has 0 saturated heterocycles. The highest BCUT2D eigenvalue weighted by molar-refractivity contribution is 7.11. The van der Waals surface area contributed by atoms with Crippen LogP contribution in [0, 0.1) is 0 Å². The van der Waals surface area contributed by atoms with E-state index in [9.17, 15) is 13.2 Å². The first kappa shape index (κ1) is 14.8. The molecule has 2 heterocycles. The molecular weight excluding hydrogens is 287 g/mol. The number of pyridine rings is 1. The summed E-state index contributed by atoms with van der Waals surface area (Å²) in [6, 6.07) is 2.30. The van der Waals surface area contributed by atoms with Crippen molar-refractivity contribution in [1.29, 1.82) is 0 Å². The van der Waals surface area contributed by atoms with E-state index in [2.05, 4.69) is 15.3 Å². The van der Waals surface area contributed by atoms with E-state index in [1.807, 2.05) is 13.1 Å². The third kappa shape index (κ3) is 3.69. The van der Waals surface area contributed by atoms with Crippen molar-refractivity contribution in [2.75, 3.05) is 11.9 Å². The van der Waals surface area contributed by atoms with Gasteiger partial charge < -0.3 is 5.32 Å². The molecule has 0 aliphatic heterocycles. The molecule has 0 aromatic carbocycles. The van der Waals surface area contributed by atoms with Crippen LogP contribution in [0.5, 0.6) is 0 Å². The molecule has 108 valence electrons. The van der Waals surface area contributed by atoms with E-state index in [0.717, 1.165) is 17.5 Å². The summed E-state index contributed by atoms with van der Waals surface area (Å²) in [5, 5.41) is 3.65. The van der Waals surface area contributed by atoms with E-state index >= 15 is 0 Å². The summed E-state index contributed by atoms with van der Waals surface area (Å²) in [6.45, 7) is 2.41. The van der Waals surface area contributed by atoms with Crippen molar-refractivity contribution in [1.82, 2.24) is 9.97 Å². The van der Waals surface area contributed by atoms with Crippen LogP contribution in [0.15, 0.2) is 24.5 Å². The number of thiazole rings is 1. The van der Waals surface area contributed by atoms with Crippen molar-refractivity contribution in [3.8, 4) is 0 Å². The lowest BCUT2D eigenvalue weighted by molar-refractivity contribution is -0.137. The van der Waals surface area contributed by atoms with Gasteiger partial charge in [0.2, 0.25) is 0 Å². The fourth-order valence-electron chi connectivity index (χ4n) is 1.69. The molecule has 2 rings (SSSR count). The minimum atomic E-state index is -4.40. The largest absolute Gasteiger partial charge is 0.419 e. The van der Waals surface area contributed by atoms with E-state index in [1.165, 1.54) is 17.1 Å². The molecule has 0 saturated carbocycles. The summed E-state index contributed by atoms with van der Waals surface area (Å²) in [4.78, 5) is 9.15. The molecule has 0 atom stereocenters. The Morgan fingerprint density at radius 1 is 1.30 bits per heavy atom. The zero-order chi connectivity index (χ0) is 14.6. The third-order valence-electron chi connectivity index (χ3n) is 2.69. The summed E-state index contributed by atoms with van der Waals surface area (Å²) in [6.07, 6.45) is 0.257. The molecule has 0 fully saturated rings. The Labute approximate surface area is 118 Å². The van der Waals surface area contributed by atoms with Gasteiger partial charge in [-0.05, 0) is 18.6 Å². The highest BCUT2D eigenvalue weighted by atomic mass is 32.1. The first-order chi connectivity index (χ1) is 9.50. The second-order valence-corrected chi connectivity index (χ2v) is 5.35. The number of nitrogens with one attached hydrogen (secondary N) is 1. The van der Waals surface area contributed by atoms with Crippen LogP contribution in [0.25, 0.3) is 0 Å². The molecule has 3 nitrogen and oxygen atoms in total. The number of hydrogen-bond acceptors (Lipinski definition) is 4. The Balaban J connectivity index is 1.97. The van der Waals surface area contributed by atoms with E-state index in [-0.39, 0.29) is 5.82 Å². The maximum Gasteiger partial charge on any atom is 0.419 e. The smallest absolute Gasteiger partial charge is 0.369 e. The normalized spacial score (nSPS) is 11.6. The Hall–Kier alpha value is -1.63. The Morgan fingerprint density at radius 2 is 2.10 bits per heavy atom. The Bertz CT molecular complexity index is 566. The van der Waals surface area contributed by atoms with Crippen molar-refractivity contribution in [2.24, 2.45) is 0 Å². The second-order valence-electron chi connectivity index (χ2n) is 4.15. The van der Waals surface area contributed by atoms with Crippen molar-refractivity contribution in [3.05, 3.63) is 40.0 Å². The average Bonchev–Trinajstić information content (AvgIpc) is 2.86. The zero-order valence-corrected chi connectivity index (χ0v) is 11.7. The molecule has 0 spiro atoms. The molecular formula is C13H14F3N3S. The lowest BCUT2D eigenvalue weighted by Gasteiger charge is -2.12. The van der Waals surface area contributed by atoms with Crippen LogP contribution in [0.4, 0.5) is 19.0 Å². The maximum absolute atomic E-state index is 12.8. The van der Waals surface area contributed by atoms with Crippen molar-refractivity contribution in [2.45, 2.75) is 25.9 Å². The molecule has 0 aliphatic carbocycles. The molecule has 0 radical (unpaired) electrons. The van der Waals surface area contributed by atoms with Crippen LogP contribution in [-0.4, -0.2) is 16.5 Å². The summed E-state index contributed by atoms with van der Waals surface area (Å²) in [7, 11) is 0. The maximum atomic E-state index is 12.8. The molecule has 7 heteroatoms. The van der Waals surface area contributed by atoms with Gasteiger partial charge in [0.05, 0.1) is 10.6 Å². The van der Waals surface area contributed by atoms with Gasteiger partial charge >= 0.3 is 6.18 Å². The van der Waals surface area contributed by atoms with Crippen LogP contribution in [0.2, 0.25) is 0 Å². The van der Waals surface area contributed by atoms with Gasteiger partial charge in [0, 0.05) is 30.2 Å². The fraction of sp³-hybridized carbons (Fsp3) is 0.385. The van der Waals surface area contributed by atoms with Crippen molar-refractivity contribution < 1.29 is 13.2 Å². The van der Waals surface area contributed by atoms with Gasteiger partial charge in [-0.15, -0.1) is 11.3 Å². The van der Waals surface area contributed by atoms with Gasteiger partial charge in [-0.2, -0.15) is 13.2 Å². The summed E-state index contributed by atoms with van der Waals surface area (Å²) < 4.78 is 38.3. The number of aromatic nitrogens is 2. The summed E-state index contributed by atoms with van der Waals surface area (Å²) in [5.74, 6) is -0.132. The third-order valence-corrected chi connectivity index (χ3v) is 3.90. The number of hydrogen-bond donors (Lipinski definition) is 1. The number of rotatable bonds is 5. The molecule has 1 N–H and O–H groups in total. The number of nitrogens with zero attached hydrogens (tertiary/aromatic N) is 2. The van der Waals surface area contributed by atoms with E-state index < -0.39 is 11.7 Å². The van der Waals surface area contributed by atoms with Gasteiger partial charge in [-0.3, -0.25) is 0 Å². The summed E-state index contributed by atoms with van der Waals surface area (Å²) >= 11 is 1.58. The van der Waals surface area contributed by atoms with Gasteiger partial charge in [0.25, 0.3) is 0 Å². The van der Waals surface area contributed by atoms with Crippen LogP contribution < -0.4 is 5.32 Å². The number of alkyl halides is 3. The number of aryl methyl sites for hydroxylation is 1. The monoisotopic (exact) mass is 301 g/mol. The number of halogens is 3. The molecule has 0 aliphatic rings. The predicted molar refractivity (Wildman–Crippen MR) is 72.9 cm³/mol. The van der Waals surface area contributed by atoms with E-state index in [0.29, 0.717) is 13.0 Å². The van der Waals surface area contributed by atoms with Crippen molar-refractivity contribution >= 4 is 17.2 Å². The Morgan fingerprint density at radius 3 is 2.75 bits per heavy atom. The van der Waals surface area contributed by atoms with Crippen molar-refractivity contribution in [3.63, 3.8) is 0 Å². The molecule has 2 aromatic rings. The lowest BCUT2D eigenvalue weighted by Crippen LogP contribution is -2.13. The predicted octanol–water partition coefficient (Wildman–Crippen LogP) is 3.77. The Kier molecular flexibility index (Phi) is 4.59. The zero-order valence-electron chi connectivity index (χ0n) is 10.9. The van der Waals surface area contributed by atoms with Crippen LogP contribution >= 0.6 is 11.3 Å². The van der Waals surface area contributed by atoms with Crippen LogP contribution in [-0.2, 0) is 19.0 Å². The molecule has 0 unspecified atom stereocenters. The molecule has 0 bridgehead atoms.